The van der Waals surface area contributed by atoms with Crippen LogP contribution in [0.2, 0.25) is 0 Å². The van der Waals surface area contributed by atoms with Crippen LogP contribution in [0.15, 0.2) is 42.7 Å². The average Bonchev–Trinajstić information content (AvgIpc) is 2.87. The van der Waals surface area contributed by atoms with E-state index in [0.29, 0.717) is 23.9 Å². The standard InChI is InChI=1S/C31H40N8O2/c1-20(2)34-29(41)25-17-33-30(37-28(25)35-24-9-11-32-26(16-24)31(3,4)5)36-23-8-7-22-18-38(14-10-21(22)15-23)19-27(40)39-12-6-13-39/h7-9,11,15-17,20H,6,10,12-14,18-19H2,1-5H3,(H,34,41)(H2,32,33,35,36,37). The first-order chi connectivity index (χ1) is 19.5. The molecule has 41 heavy (non-hydrogen) atoms. The molecule has 0 atom stereocenters. The minimum Gasteiger partial charge on any atom is -0.350 e. The van der Waals surface area contributed by atoms with Gasteiger partial charge in [-0.3, -0.25) is 19.5 Å². The molecule has 5 rings (SSSR count). The zero-order chi connectivity index (χ0) is 29.1. The summed E-state index contributed by atoms with van der Waals surface area (Å²) in [5.74, 6) is 0.778. The fourth-order valence-electron chi connectivity index (χ4n) is 4.91. The molecule has 0 unspecified atom stereocenters. The van der Waals surface area contributed by atoms with Crippen LogP contribution in [0.1, 0.15) is 68.2 Å². The Labute approximate surface area is 242 Å². The number of aromatic nitrogens is 3. The maximum Gasteiger partial charge on any atom is 0.256 e. The van der Waals surface area contributed by atoms with Gasteiger partial charge in [-0.25, -0.2) is 4.98 Å². The van der Waals surface area contributed by atoms with Gasteiger partial charge in [0, 0.05) is 67.1 Å². The van der Waals surface area contributed by atoms with Crippen molar-refractivity contribution in [3.05, 3.63) is 65.1 Å². The molecule has 0 radical (unpaired) electrons. The summed E-state index contributed by atoms with van der Waals surface area (Å²) in [6.07, 6.45) is 5.29. The molecule has 10 heteroatoms. The van der Waals surface area contributed by atoms with E-state index in [2.05, 4.69) is 63.7 Å². The summed E-state index contributed by atoms with van der Waals surface area (Å²) in [6.45, 7) is 14.0. The number of carbonyl (C=O) groups is 2. The molecule has 2 aliphatic heterocycles. The van der Waals surface area contributed by atoms with Crippen LogP contribution in [-0.4, -0.2) is 68.8 Å². The molecule has 0 saturated carbocycles. The molecular weight excluding hydrogens is 516 g/mol. The number of nitrogens with zero attached hydrogens (tertiary/aromatic N) is 5. The van der Waals surface area contributed by atoms with Crippen LogP contribution in [0.3, 0.4) is 0 Å². The van der Waals surface area contributed by atoms with Crippen molar-refractivity contribution in [1.82, 2.24) is 30.1 Å². The van der Waals surface area contributed by atoms with Gasteiger partial charge in [-0.1, -0.05) is 26.8 Å². The van der Waals surface area contributed by atoms with Gasteiger partial charge in [0.05, 0.1) is 6.54 Å². The molecule has 3 N–H and O–H groups in total. The van der Waals surface area contributed by atoms with Gasteiger partial charge in [0.1, 0.15) is 11.4 Å². The van der Waals surface area contributed by atoms with E-state index in [-0.39, 0.29) is 23.3 Å². The van der Waals surface area contributed by atoms with Crippen molar-refractivity contribution in [2.75, 3.05) is 36.8 Å². The van der Waals surface area contributed by atoms with Crippen LogP contribution in [-0.2, 0) is 23.2 Å². The molecule has 216 valence electrons. The Morgan fingerprint density at radius 1 is 0.976 bits per heavy atom. The Balaban J connectivity index is 1.34. The SMILES string of the molecule is CC(C)NC(=O)c1cnc(Nc2ccc3c(c2)CCN(CC(=O)N2CCC2)C3)nc1Nc1ccnc(C(C)(C)C)c1. The van der Waals surface area contributed by atoms with Gasteiger partial charge in [0.25, 0.3) is 5.91 Å². The van der Waals surface area contributed by atoms with E-state index < -0.39 is 0 Å². The van der Waals surface area contributed by atoms with Gasteiger partial charge in [-0.15, -0.1) is 0 Å². The fourth-order valence-corrected chi connectivity index (χ4v) is 4.91. The largest absolute Gasteiger partial charge is 0.350 e. The van der Waals surface area contributed by atoms with E-state index in [9.17, 15) is 9.59 Å². The predicted octanol–water partition coefficient (Wildman–Crippen LogP) is 4.38. The first kappa shape index (κ1) is 28.5. The summed E-state index contributed by atoms with van der Waals surface area (Å²) in [5, 5.41) is 9.57. The fraction of sp³-hybridized carbons (Fsp3) is 0.452. The van der Waals surface area contributed by atoms with Crippen molar-refractivity contribution < 1.29 is 9.59 Å². The number of likely N-dealkylation sites (tertiary alicyclic amines) is 1. The van der Waals surface area contributed by atoms with Gasteiger partial charge in [-0.05, 0) is 62.1 Å². The third-order valence-electron chi connectivity index (χ3n) is 7.37. The van der Waals surface area contributed by atoms with E-state index in [4.69, 9.17) is 4.98 Å². The summed E-state index contributed by atoms with van der Waals surface area (Å²) in [6, 6.07) is 10.0. The molecule has 1 fully saturated rings. The molecule has 1 saturated heterocycles. The molecule has 0 spiro atoms. The second-order valence-electron chi connectivity index (χ2n) is 12.2. The van der Waals surface area contributed by atoms with Crippen molar-refractivity contribution in [2.24, 2.45) is 0 Å². The van der Waals surface area contributed by atoms with Crippen molar-refractivity contribution in [2.45, 2.75) is 65.5 Å². The monoisotopic (exact) mass is 556 g/mol. The second kappa shape index (κ2) is 11.8. The number of nitrogens with one attached hydrogen (secondary N) is 3. The molecule has 3 aromatic rings. The van der Waals surface area contributed by atoms with Gasteiger partial charge >= 0.3 is 0 Å². The normalized spacial score (nSPS) is 15.2. The number of carbonyl (C=O) groups excluding carboxylic acids is 2. The molecule has 4 heterocycles. The maximum absolute atomic E-state index is 13.0. The predicted molar refractivity (Wildman–Crippen MR) is 161 cm³/mol. The van der Waals surface area contributed by atoms with E-state index in [0.717, 1.165) is 56.1 Å². The Hall–Kier alpha value is -4.05. The van der Waals surface area contributed by atoms with E-state index in [1.165, 1.54) is 11.1 Å². The number of pyridine rings is 1. The summed E-state index contributed by atoms with van der Waals surface area (Å²) < 4.78 is 0. The topological polar surface area (TPSA) is 115 Å². The highest BCUT2D eigenvalue weighted by Crippen LogP contribution is 2.27. The van der Waals surface area contributed by atoms with Crippen molar-refractivity contribution >= 4 is 35.0 Å². The van der Waals surface area contributed by atoms with E-state index in [1.54, 1.807) is 12.4 Å². The van der Waals surface area contributed by atoms with Crippen LogP contribution in [0.4, 0.5) is 23.1 Å². The number of benzene rings is 1. The number of fused-ring (bicyclic) bond motifs is 1. The Bertz CT molecular complexity index is 1430. The van der Waals surface area contributed by atoms with E-state index >= 15 is 0 Å². The first-order valence-electron chi connectivity index (χ1n) is 14.4. The molecule has 2 aromatic heterocycles. The quantitative estimate of drug-likeness (QED) is 0.374. The first-order valence-corrected chi connectivity index (χ1v) is 14.4. The maximum atomic E-state index is 13.0. The summed E-state index contributed by atoms with van der Waals surface area (Å²) >= 11 is 0. The lowest BCUT2D eigenvalue weighted by molar-refractivity contribution is -0.136. The molecule has 0 bridgehead atoms. The van der Waals surface area contributed by atoms with Gasteiger partial charge in [0.2, 0.25) is 11.9 Å². The minimum atomic E-state index is -0.245. The number of amides is 2. The van der Waals surface area contributed by atoms with Crippen molar-refractivity contribution in [1.29, 1.82) is 0 Å². The van der Waals surface area contributed by atoms with Crippen LogP contribution >= 0.6 is 0 Å². The average molecular weight is 557 g/mol. The second-order valence-corrected chi connectivity index (χ2v) is 12.2. The summed E-state index contributed by atoms with van der Waals surface area (Å²) in [4.78, 5) is 43.2. The number of hydrogen-bond acceptors (Lipinski definition) is 8. The Morgan fingerprint density at radius 3 is 2.46 bits per heavy atom. The van der Waals surface area contributed by atoms with Crippen LogP contribution in [0.5, 0.6) is 0 Å². The molecule has 10 nitrogen and oxygen atoms in total. The van der Waals surface area contributed by atoms with Gasteiger partial charge in [-0.2, -0.15) is 4.98 Å². The zero-order valence-electron chi connectivity index (χ0n) is 24.6. The van der Waals surface area contributed by atoms with Crippen LogP contribution in [0.25, 0.3) is 0 Å². The lowest BCUT2D eigenvalue weighted by atomic mass is 9.91. The highest BCUT2D eigenvalue weighted by atomic mass is 16.2. The van der Waals surface area contributed by atoms with Crippen LogP contribution in [0, 0.1) is 0 Å². The van der Waals surface area contributed by atoms with E-state index in [1.807, 2.05) is 36.9 Å². The number of hydrogen-bond donors (Lipinski definition) is 3. The molecular formula is C31H40N8O2. The molecule has 2 amide bonds. The molecule has 1 aromatic carbocycles. The minimum absolute atomic E-state index is 0.0261. The Kier molecular flexibility index (Phi) is 8.21. The summed E-state index contributed by atoms with van der Waals surface area (Å²) in [7, 11) is 0. The zero-order valence-corrected chi connectivity index (χ0v) is 24.6. The van der Waals surface area contributed by atoms with Gasteiger partial charge < -0.3 is 20.9 Å². The smallest absolute Gasteiger partial charge is 0.256 e. The van der Waals surface area contributed by atoms with Crippen molar-refractivity contribution in [3.8, 4) is 0 Å². The van der Waals surface area contributed by atoms with Crippen molar-refractivity contribution in [3.63, 3.8) is 0 Å². The van der Waals surface area contributed by atoms with Crippen LogP contribution < -0.4 is 16.0 Å². The molecule has 2 aliphatic rings. The number of anilines is 4. The lowest BCUT2D eigenvalue weighted by Gasteiger charge is -2.35. The number of rotatable bonds is 8. The third-order valence-corrected chi connectivity index (χ3v) is 7.37. The highest BCUT2D eigenvalue weighted by Gasteiger charge is 2.25. The Morgan fingerprint density at radius 2 is 1.76 bits per heavy atom. The summed E-state index contributed by atoms with van der Waals surface area (Å²) in [5.41, 5.74) is 5.31. The lowest BCUT2D eigenvalue weighted by Crippen LogP contribution is -2.47. The molecule has 0 aliphatic carbocycles. The highest BCUT2D eigenvalue weighted by molar-refractivity contribution is 5.99. The van der Waals surface area contributed by atoms with Gasteiger partial charge in [0.15, 0.2) is 0 Å². The third kappa shape index (κ3) is 7.00.